The molecule has 0 radical (unpaired) electrons. The molecule has 2 aliphatic rings. The number of fused-ring (bicyclic) bond motifs is 1. The Labute approximate surface area is 142 Å². The number of rotatable bonds is 4. The van der Waals surface area contributed by atoms with Crippen molar-refractivity contribution in [3.05, 3.63) is 29.8 Å². The molecule has 1 aromatic rings. The minimum absolute atomic E-state index is 0.0203. The van der Waals surface area contributed by atoms with Crippen LogP contribution in [0.4, 0.5) is 0 Å². The Kier molecular flexibility index (Phi) is 5.04. The van der Waals surface area contributed by atoms with Crippen molar-refractivity contribution in [2.45, 2.75) is 31.3 Å². The maximum atomic E-state index is 12.5. The first kappa shape index (κ1) is 16.8. The molecule has 0 spiro atoms. The van der Waals surface area contributed by atoms with E-state index in [1.165, 1.54) is 0 Å². The van der Waals surface area contributed by atoms with E-state index in [9.17, 15) is 9.59 Å². The molecular formula is C18H25N3O3. The van der Waals surface area contributed by atoms with E-state index in [0.29, 0.717) is 6.61 Å². The average molecular weight is 331 g/mol. The van der Waals surface area contributed by atoms with Crippen LogP contribution in [0, 0.1) is 0 Å². The van der Waals surface area contributed by atoms with Crippen LogP contribution in [0.2, 0.25) is 0 Å². The van der Waals surface area contributed by atoms with Crippen LogP contribution in [0.3, 0.4) is 0 Å². The number of amides is 2. The van der Waals surface area contributed by atoms with Crippen LogP contribution in [-0.4, -0.2) is 61.4 Å². The molecule has 1 saturated heterocycles. The summed E-state index contributed by atoms with van der Waals surface area (Å²) in [4.78, 5) is 28.3. The summed E-state index contributed by atoms with van der Waals surface area (Å²) in [6.45, 7) is 1.67. The van der Waals surface area contributed by atoms with Gasteiger partial charge in [0.2, 0.25) is 11.8 Å². The lowest BCUT2D eigenvalue weighted by Crippen LogP contribution is -2.47. The van der Waals surface area contributed by atoms with Crippen molar-refractivity contribution < 1.29 is 14.3 Å². The standard InChI is InChI=1S/C18H25N3O3/c1-20(2)18(23)15-7-5-10-21(15)12-17(22)19-14-9-11-24-16-8-4-3-6-13(14)16/h3-4,6,8,14-15H,5,7,9-12H2,1-2H3,(H,19,22). The predicted molar refractivity (Wildman–Crippen MR) is 90.7 cm³/mol. The van der Waals surface area contributed by atoms with Crippen LogP contribution in [0.1, 0.15) is 30.9 Å². The molecule has 6 heteroatoms. The van der Waals surface area contributed by atoms with Gasteiger partial charge in [-0.2, -0.15) is 0 Å². The molecular weight excluding hydrogens is 306 g/mol. The highest BCUT2D eigenvalue weighted by molar-refractivity contribution is 5.84. The third-order valence-electron chi connectivity index (χ3n) is 4.73. The molecule has 24 heavy (non-hydrogen) atoms. The summed E-state index contributed by atoms with van der Waals surface area (Å²) in [6.07, 6.45) is 2.55. The van der Waals surface area contributed by atoms with Crippen molar-refractivity contribution in [2.75, 3.05) is 33.8 Å². The average Bonchev–Trinajstić information content (AvgIpc) is 3.02. The summed E-state index contributed by atoms with van der Waals surface area (Å²) in [5, 5.41) is 3.11. The monoisotopic (exact) mass is 331 g/mol. The van der Waals surface area contributed by atoms with Gasteiger partial charge in [0, 0.05) is 26.1 Å². The SMILES string of the molecule is CN(C)C(=O)C1CCCN1CC(=O)NC1CCOc2ccccc21. The van der Waals surface area contributed by atoms with E-state index in [2.05, 4.69) is 5.32 Å². The maximum Gasteiger partial charge on any atom is 0.239 e. The molecule has 3 rings (SSSR count). The Balaban J connectivity index is 1.61. The number of nitrogens with one attached hydrogen (secondary N) is 1. The second-order valence-electron chi connectivity index (χ2n) is 6.66. The van der Waals surface area contributed by atoms with Gasteiger partial charge >= 0.3 is 0 Å². The molecule has 2 unspecified atom stereocenters. The smallest absolute Gasteiger partial charge is 0.239 e. The van der Waals surface area contributed by atoms with Gasteiger partial charge in [0.05, 0.1) is 25.2 Å². The van der Waals surface area contributed by atoms with Gasteiger partial charge in [0.15, 0.2) is 0 Å². The Bertz CT molecular complexity index is 617. The van der Waals surface area contributed by atoms with E-state index in [1.54, 1.807) is 19.0 Å². The summed E-state index contributed by atoms with van der Waals surface area (Å²) >= 11 is 0. The lowest BCUT2D eigenvalue weighted by molar-refractivity contribution is -0.134. The molecule has 2 heterocycles. The molecule has 0 aliphatic carbocycles. The highest BCUT2D eigenvalue weighted by atomic mass is 16.5. The highest BCUT2D eigenvalue weighted by Gasteiger charge is 2.33. The molecule has 2 amide bonds. The predicted octanol–water partition coefficient (Wildman–Crippen LogP) is 1.18. The van der Waals surface area contributed by atoms with Gasteiger partial charge in [0.25, 0.3) is 0 Å². The molecule has 0 saturated carbocycles. The number of para-hydroxylation sites is 1. The Morgan fingerprint density at radius 2 is 2.08 bits per heavy atom. The summed E-state index contributed by atoms with van der Waals surface area (Å²) < 4.78 is 5.63. The van der Waals surface area contributed by atoms with Crippen LogP contribution in [0.25, 0.3) is 0 Å². The van der Waals surface area contributed by atoms with Crippen LogP contribution < -0.4 is 10.1 Å². The second kappa shape index (κ2) is 7.21. The number of hydrogen-bond acceptors (Lipinski definition) is 4. The van der Waals surface area contributed by atoms with Crippen molar-refractivity contribution >= 4 is 11.8 Å². The minimum atomic E-state index is -0.173. The van der Waals surface area contributed by atoms with Gasteiger partial charge in [-0.25, -0.2) is 0 Å². The molecule has 130 valence electrons. The molecule has 1 N–H and O–H groups in total. The molecule has 6 nitrogen and oxygen atoms in total. The van der Waals surface area contributed by atoms with E-state index in [4.69, 9.17) is 4.74 Å². The van der Waals surface area contributed by atoms with Gasteiger partial charge in [-0.1, -0.05) is 18.2 Å². The number of hydrogen-bond donors (Lipinski definition) is 1. The zero-order valence-corrected chi connectivity index (χ0v) is 14.3. The summed E-state index contributed by atoms with van der Waals surface area (Å²) in [5.41, 5.74) is 1.03. The summed E-state index contributed by atoms with van der Waals surface area (Å²) in [5.74, 6) is 0.891. The Hall–Kier alpha value is -2.08. The largest absolute Gasteiger partial charge is 0.493 e. The van der Waals surface area contributed by atoms with Gasteiger partial charge in [-0.05, 0) is 25.5 Å². The number of likely N-dealkylation sites (tertiary alicyclic amines) is 1. The first-order chi connectivity index (χ1) is 11.6. The third kappa shape index (κ3) is 3.53. The zero-order valence-electron chi connectivity index (χ0n) is 14.3. The van der Waals surface area contributed by atoms with Crippen molar-refractivity contribution in [2.24, 2.45) is 0 Å². The number of benzene rings is 1. The zero-order chi connectivity index (χ0) is 17.1. The van der Waals surface area contributed by atoms with Crippen molar-refractivity contribution in [3.63, 3.8) is 0 Å². The molecule has 0 aromatic heterocycles. The van der Waals surface area contributed by atoms with Crippen molar-refractivity contribution in [3.8, 4) is 5.75 Å². The first-order valence-corrected chi connectivity index (χ1v) is 8.52. The van der Waals surface area contributed by atoms with Gasteiger partial charge in [-0.15, -0.1) is 0 Å². The fourth-order valence-electron chi connectivity index (χ4n) is 3.51. The fourth-order valence-corrected chi connectivity index (χ4v) is 3.51. The molecule has 2 aliphatic heterocycles. The molecule has 0 bridgehead atoms. The van der Waals surface area contributed by atoms with Crippen LogP contribution in [0.5, 0.6) is 5.75 Å². The number of ether oxygens (including phenoxy) is 1. The van der Waals surface area contributed by atoms with E-state index in [0.717, 1.165) is 37.1 Å². The number of carbonyl (C=O) groups excluding carboxylic acids is 2. The summed E-state index contributed by atoms with van der Waals surface area (Å²) in [6, 6.07) is 7.62. The normalized spacial score (nSPS) is 23.2. The molecule has 1 aromatic carbocycles. The lowest BCUT2D eigenvalue weighted by Gasteiger charge is -2.29. The third-order valence-corrected chi connectivity index (χ3v) is 4.73. The number of carbonyl (C=O) groups is 2. The van der Waals surface area contributed by atoms with Crippen LogP contribution in [-0.2, 0) is 9.59 Å². The Morgan fingerprint density at radius 1 is 1.29 bits per heavy atom. The van der Waals surface area contributed by atoms with E-state index >= 15 is 0 Å². The Morgan fingerprint density at radius 3 is 2.88 bits per heavy atom. The fraction of sp³-hybridized carbons (Fsp3) is 0.556. The van der Waals surface area contributed by atoms with E-state index < -0.39 is 0 Å². The quantitative estimate of drug-likeness (QED) is 0.900. The minimum Gasteiger partial charge on any atom is -0.493 e. The highest BCUT2D eigenvalue weighted by Crippen LogP contribution is 2.31. The van der Waals surface area contributed by atoms with Crippen LogP contribution in [0.15, 0.2) is 24.3 Å². The van der Waals surface area contributed by atoms with E-state index in [1.807, 2.05) is 29.2 Å². The van der Waals surface area contributed by atoms with Gasteiger partial charge in [-0.3, -0.25) is 14.5 Å². The van der Waals surface area contributed by atoms with Crippen molar-refractivity contribution in [1.82, 2.24) is 15.1 Å². The van der Waals surface area contributed by atoms with E-state index in [-0.39, 0.29) is 30.4 Å². The first-order valence-electron chi connectivity index (χ1n) is 8.52. The summed E-state index contributed by atoms with van der Waals surface area (Å²) in [7, 11) is 3.52. The molecule has 2 atom stereocenters. The number of likely N-dealkylation sites (N-methyl/N-ethyl adjacent to an activating group) is 1. The topological polar surface area (TPSA) is 61.9 Å². The molecule has 1 fully saturated rings. The van der Waals surface area contributed by atoms with Gasteiger partial charge < -0.3 is 15.0 Å². The second-order valence-corrected chi connectivity index (χ2v) is 6.66. The van der Waals surface area contributed by atoms with Crippen LogP contribution >= 0.6 is 0 Å². The lowest BCUT2D eigenvalue weighted by atomic mass is 10.0. The van der Waals surface area contributed by atoms with Gasteiger partial charge in [0.1, 0.15) is 5.75 Å². The van der Waals surface area contributed by atoms with Crippen molar-refractivity contribution in [1.29, 1.82) is 0 Å². The number of nitrogens with zero attached hydrogens (tertiary/aromatic N) is 2. The maximum absolute atomic E-state index is 12.5.